The van der Waals surface area contributed by atoms with Crippen LogP contribution in [0, 0.1) is 5.41 Å². The van der Waals surface area contributed by atoms with Gasteiger partial charge >= 0.3 is 0 Å². The molecule has 2 aromatic carbocycles. The largest absolute Gasteiger partial charge is 0.755 e. The molecule has 0 aliphatic heterocycles. The number of anilines is 2. The van der Waals surface area contributed by atoms with Crippen LogP contribution in [0.25, 0.3) is 0 Å². The number of rotatable bonds is 8. The highest BCUT2D eigenvalue weighted by Gasteiger charge is 2.11. The van der Waals surface area contributed by atoms with Gasteiger partial charge in [0.1, 0.15) is 0 Å². The van der Waals surface area contributed by atoms with Crippen LogP contribution in [0.4, 0.5) is 11.4 Å². The number of hydrogen-bond acceptors (Lipinski definition) is 3. The fourth-order valence-electron chi connectivity index (χ4n) is 2.78. The van der Waals surface area contributed by atoms with Gasteiger partial charge in [-0.05, 0) is 60.6 Å². The fraction of sp³-hybridized carbons (Fsp3) is 0.381. The summed E-state index contributed by atoms with van der Waals surface area (Å²) in [7, 11) is 0. The van der Waals surface area contributed by atoms with Crippen molar-refractivity contribution in [1.29, 1.82) is 0 Å². The Morgan fingerprint density at radius 3 is 2.39 bits per heavy atom. The van der Waals surface area contributed by atoms with E-state index >= 15 is 0 Å². The monoisotopic (exact) mass is 421 g/mol. The van der Waals surface area contributed by atoms with E-state index in [4.69, 9.17) is 11.6 Å². The van der Waals surface area contributed by atoms with Gasteiger partial charge in [-0.25, -0.2) is 0 Å². The number of amides is 1. The Morgan fingerprint density at radius 1 is 1.11 bits per heavy atom. The van der Waals surface area contributed by atoms with E-state index in [9.17, 15) is 13.6 Å². The molecule has 5 nitrogen and oxygen atoms in total. The van der Waals surface area contributed by atoms with Gasteiger partial charge in [0.2, 0.25) is 0 Å². The predicted octanol–water partition coefficient (Wildman–Crippen LogP) is 5.56. The van der Waals surface area contributed by atoms with Crippen LogP contribution < -0.4 is 10.0 Å². The van der Waals surface area contributed by atoms with Crippen molar-refractivity contribution in [2.45, 2.75) is 46.5 Å². The minimum Gasteiger partial charge on any atom is -0.755 e. The molecule has 0 aliphatic carbocycles. The third kappa shape index (κ3) is 7.62. The summed E-state index contributed by atoms with van der Waals surface area (Å²) >= 11 is 3.42. The first-order valence-electron chi connectivity index (χ1n) is 9.20. The molecule has 0 aromatic heterocycles. The van der Waals surface area contributed by atoms with E-state index in [0.29, 0.717) is 16.7 Å². The van der Waals surface area contributed by atoms with Gasteiger partial charge < -0.3 is 14.6 Å². The number of nitrogens with one attached hydrogen (secondary N) is 2. The third-order valence-electron chi connectivity index (χ3n) is 4.28. The van der Waals surface area contributed by atoms with Crippen molar-refractivity contribution in [3.8, 4) is 0 Å². The Morgan fingerprint density at radius 2 is 1.79 bits per heavy atom. The van der Waals surface area contributed by atoms with Gasteiger partial charge in [0, 0.05) is 22.5 Å². The second-order valence-corrected chi connectivity index (χ2v) is 9.03. The highest BCUT2D eigenvalue weighted by atomic mass is 35.5. The molecule has 0 spiro atoms. The average molecular weight is 422 g/mol. The van der Waals surface area contributed by atoms with Crippen LogP contribution in [-0.2, 0) is 17.7 Å². The number of benzene rings is 2. The van der Waals surface area contributed by atoms with Crippen molar-refractivity contribution >= 4 is 40.1 Å². The van der Waals surface area contributed by atoms with Gasteiger partial charge in [0.05, 0.1) is 10.7 Å². The van der Waals surface area contributed by atoms with Crippen LogP contribution >= 0.6 is 11.6 Å². The Kier molecular flexibility index (Phi) is 8.04. The molecule has 28 heavy (non-hydrogen) atoms. The maximum Gasteiger partial charge on any atom is 0.255 e. The van der Waals surface area contributed by atoms with E-state index in [0.717, 1.165) is 12.8 Å². The van der Waals surface area contributed by atoms with E-state index in [1.807, 2.05) is 24.3 Å². The molecule has 0 heterocycles. The minimum absolute atomic E-state index is 0.160. The Hall–Kier alpha value is -1.89. The van der Waals surface area contributed by atoms with Gasteiger partial charge in [-0.2, -0.15) is 0 Å². The third-order valence-corrected chi connectivity index (χ3v) is 4.99. The van der Waals surface area contributed by atoms with Crippen LogP contribution in [-0.4, -0.2) is 14.7 Å². The molecule has 152 valence electrons. The summed E-state index contributed by atoms with van der Waals surface area (Å²) in [6, 6.07) is 12.2. The second kappa shape index (κ2) is 10.0. The number of halogens is 1. The van der Waals surface area contributed by atoms with Crippen LogP contribution in [0.5, 0.6) is 0 Å². The predicted molar refractivity (Wildman–Crippen MR) is 115 cm³/mol. The average Bonchev–Trinajstić information content (AvgIpc) is 2.60. The van der Waals surface area contributed by atoms with E-state index in [2.05, 4.69) is 30.8 Å². The molecule has 1 amide bonds. The van der Waals surface area contributed by atoms with Gasteiger partial charge in [-0.1, -0.05) is 50.9 Å². The van der Waals surface area contributed by atoms with Gasteiger partial charge in [-0.15, -0.1) is 0 Å². The number of carbonyl (C=O) groups is 1. The van der Waals surface area contributed by atoms with Crippen LogP contribution in [0.1, 0.15) is 56.0 Å². The zero-order valence-electron chi connectivity index (χ0n) is 16.4. The topological polar surface area (TPSA) is 81.3 Å². The lowest BCUT2D eigenvalue weighted by molar-refractivity contribution is 0.102. The molecule has 0 saturated heterocycles. The number of hydrogen-bond donors (Lipinski definition) is 2. The molecule has 1 atom stereocenters. The normalized spacial score (nSPS) is 12.5. The number of carbonyl (C=O) groups excluding carboxylic acids is 1. The fourth-order valence-corrected chi connectivity index (χ4v) is 3.35. The lowest BCUT2D eigenvalue weighted by atomic mass is 9.89. The summed E-state index contributed by atoms with van der Waals surface area (Å²) in [5, 5.41) is 3.03. The first-order chi connectivity index (χ1) is 13.1. The minimum atomic E-state index is -2.51. The highest BCUT2D eigenvalue weighted by Crippen LogP contribution is 2.24. The molecular weight excluding hydrogens is 396 g/mol. The Balaban J connectivity index is 1.93. The Bertz CT molecular complexity index is 833. The molecule has 0 aliphatic rings. The van der Waals surface area contributed by atoms with Crippen molar-refractivity contribution in [1.82, 2.24) is 0 Å². The summed E-state index contributed by atoms with van der Waals surface area (Å²) in [5.74, 6) is -0.339. The van der Waals surface area contributed by atoms with Crippen LogP contribution in [0.3, 0.4) is 0 Å². The lowest BCUT2D eigenvalue weighted by Crippen LogP contribution is -2.13. The molecule has 0 saturated carbocycles. The standard InChI is InChI=1S/C21H27ClN2O3S/c1-21(2,3)13-5-4-6-15-7-10-17(11-8-15)23-20(25)16-9-12-18(22)19(14-16)24-28(26)27/h7-12,14,24H,4-6,13H2,1-3H3,(H,23,25)(H,26,27)/p-1. The van der Waals surface area contributed by atoms with Crippen LogP contribution in [0.15, 0.2) is 42.5 Å². The van der Waals surface area contributed by atoms with Crippen molar-refractivity contribution in [2.24, 2.45) is 5.41 Å². The molecule has 0 bridgehead atoms. The first-order valence-corrected chi connectivity index (χ1v) is 10.6. The van der Waals surface area contributed by atoms with Crippen molar-refractivity contribution < 1.29 is 13.6 Å². The second-order valence-electron chi connectivity index (χ2n) is 7.95. The molecule has 7 heteroatoms. The van der Waals surface area contributed by atoms with Gasteiger partial charge in [-0.3, -0.25) is 9.00 Å². The number of unbranched alkanes of at least 4 members (excludes halogenated alkanes) is 1. The smallest absolute Gasteiger partial charge is 0.255 e. The quantitative estimate of drug-likeness (QED) is 0.432. The molecule has 0 radical (unpaired) electrons. The Labute approximate surface area is 174 Å². The van der Waals surface area contributed by atoms with Crippen molar-refractivity contribution in [3.05, 3.63) is 58.6 Å². The molecular formula is C21H26ClN2O3S-. The highest BCUT2D eigenvalue weighted by molar-refractivity contribution is 7.80. The molecule has 2 rings (SSSR count). The summed E-state index contributed by atoms with van der Waals surface area (Å²) in [5.41, 5.74) is 2.76. The summed E-state index contributed by atoms with van der Waals surface area (Å²) in [6.07, 6.45) is 4.57. The van der Waals surface area contributed by atoms with E-state index < -0.39 is 11.3 Å². The maximum atomic E-state index is 12.4. The summed E-state index contributed by atoms with van der Waals surface area (Å²) < 4.78 is 23.8. The first kappa shape index (κ1) is 22.4. The molecule has 1 unspecified atom stereocenters. The lowest BCUT2D eigenvalue weighted by Gasteiger charge is -2.17. The number of aryl methyl sites for hydroxylation is 1. The SMILES string of the molecule is CC(C)(C)CCCCc1ccc(NC(=O)c2ccc(Cl)c(NS(=O)[O-])c2)cc1. The summed E-state index contributed by atoms with van der Waals surface area (Å²) in [4.78, 5) is 12.4. The van der Waals surface area contributed by atoms with E-state index in [1.165, 1.54) is 30.5 Å². The van der Waals surface area contributed by atoms with Crippen LogP contribution in [0.2, 0.25) is 5.02 Å². The maximum absolute atomic E-state index is 12.4. The van der Waals surface area contributed by atoms with E-state index in [-0.39, 0.29) is 16.6 Å². The summed E-state index contributed by atoms with van der Waals surface area (Å²) in [6.45, 7) is 6.76. The van der Waals surface area contributed by atoms with Gasteiger partial charge in [0.25, 0.3) is 5.91 Å². The molecule has 2 aromatic rings. The molecule has 0 fully saturated rings. The van der Waals surface area contributed by atoms with Crippen molar-refractivity contribution in [3.63, 3.8) is 0 Å². The van der Waals surface area contributed by atoms with Gasteiger partial charge in [0.15, 0.2) is 0 Å². The zero-order chi connectivity index (χ0) is 20.7. The van der Waals surface area contributed by atoms with Crippen molar-refractivity contribution in [2.75, 3.05) is 10.0 Å². The van der Waals surface area contributed by atoms with E-state index in [1.54, 1.807) is 6.07 Å². The zero-order valence-corrected chi connectivity index (χ0v) is 18.0. The molecule has 2 N–H and O–H groups in total.